The molecule has 0 saturated heterocycles. The second-order valence-corrected chi connectivity index (χ2v) is 2.91. The van der Waals surface area contributed by atoms with Crippen molar-refractivity contribution in [1.29, 1.82) is 0 Å². The first-order valence-corrected chi connectivity index (χ1v) is 5.15. The number of halogens is 1. The molecule has 1 aromatic carbocycles. The minimum atomic E-state index is 0.0696. The molecule has 0 atom stereocenters. The van der Waals surface area contributed by atoms with E-state index in [2.05, 4.69) is 0 Å². The second kappa shape index (κ2) is 6.55. The van der Waals surface area contributed by atoms with Gasteiger partial charge in [0.25, 0.3) is 0 Å². The maximum Gasteiger partial charge on any atom is 0.141 e. The third-order valence-corrected chi connectivity index (χ3v) is 1.84. The van der Waals surface area contributed by atoms with E-state index in [-0.39, 0.29) is 10.8 Å². The lowest BCUT2D eigenvalue weighted by Crippen LogP contribution is -1.92. The molecule has 0 aliphatic rings. The first-order chi connectivity index (χ1) is 6.65. The first-order valence-electron chi connectivity index (χ1n) is 4.77. The third-order valence-electron chi connectivity index (χ3n) is 1.46. The highest BCUT2D eigenvalue weighted by Crippen LogP contribution is 2.34. The maximum atomic E-state index is 9.30. The molecule has 0 saturated carbocycles. The zero-order valence-electron chi connectivity index (χ0n) is 9.10. The lowest BCUT2D eigenvalue weighted by Gasteiger charge is -2.07. The van der Waals surface area contributed by atoms with Crippen molar-refractivity contribution in [3.05, 3.63) is 22.7 Å². The van der Waals surface area contributed by atoms with E-state index < -0.39 is 0 Å². The Morgan fingerprint density at radius 3 is 2.43 bits per heavy atom. The summed E-state index contributed by atoms with van der Waals surface area (Å²) in [6.45, 7) is 8.29. The van der Waals surface area contributed by atoms with Crippen LogP contribution in [0.25, 0.3) is 0 Å². The van der Waals surface area contributed by atoms with Gasteiger partial charge in [0.2, 0.25) is 0 Å². The minimum Gasteiger partial charge on any atom is -0.506 e. The van der Waals surface area contributed by atoms with Gasteiger partial charge < -0.3 is 9.84 Å². The Hall–Kier alpha value is -0.890. The SMILES string of the molecule is CC.CCOc1cc(C)cc(O)c1Cl. The molecule has 0 aliphatic heterocycles. The Morgan fingerprint density at radius 1 is 1.36 bits per heavy atom. The third kappa shape index (κ3) is 3.46. The molecule has 2 nitrogen and oxygen atoms in total. The highest BCUT2D eigenvalue weighted by Gasteiger charge is 2.06. The molecule has 14 heavy (non-hydrogen) atoms. The van der Waals surface area contributed by atoms with E-state index in [1.54, 1.807) is 12.1 Å². The number of hydrogen-bond donors (Lipinski definition) is 1. The van der Waals surface area contributed by atoms with E-state index in [9.17, 15) is 5.11 Å². The molecule has 0 radical (unpaired) electrons. The van der Waals surface area contributed by atoms with Gasteiger partial charge in [-0.25, -0.2) is 0 Å². The van der Waals surface area contributed by atoms with Crippen molar-refractivity contribution in [2.75, 3.05) is 6.61 Å². The fourth-order valence-electron chi connectivity index (χ4n) is 0.978. The topological polar surface area (TPSA) is 29.5 Å². The van der Waals surface area contributed by atoms with Crippen LogP contribution in [0.3, 0.4) is 0 Å². The Balaban J connectivity index is 0.000000791. The van der Waals surface area contributed by atoms with Crippen molar-refractivity contribution in [1.82, 2.24) is 0 Å². The van der Waals surface area contributed by atoms with Gasteiger partial charge in [0.15, 0.2) is 0 Å². The van der Waals surface area contributed by atoms with Gasteiger partial charge in [-0.15, -0.1) is 0 Å². The summed E-state index contributed by atoms with van der Waals surface area (Å²) in [5.41, 5.74) is 0.931. The smallest absolute Gasteiger partial charge is 0.141 e. The molecule has 0 unspecified atom stereocenters. The molecule has 0 spiro atoms. The van der Waals surface area contributed by atoms with E-state index in [0.717, 1.165) is 5.56 Å². The van der Waals surface area contributed by atoms with Crippen LogP contribution in [0.2, 0.25) is 5.02 Å². The standard InChI is InChI=1S/C9H11ClO2.C2H6/c1-3-12-8-5-6(2)4-7(11)9(8)10;1-2/h4-5,11H,3H2,1-2H3;1-2H3. The summed E-state index contributed by atoms with van der Waals surface area (Å²) >= 11 is 5.77. The average molecular weight is 217 g/mol. The Labute approximate surface area is 90.5 Å². The van der Waals surface area contributed by atoms with Gasteiger partial charge in [0.1, 0.15) is 16.5 Å². The largest absolute Gasteiger partial charge is 0.506 e. The minimum absolute atomic E-state index is 0.0696. The zero-order valence-corrected chi connectivity index (χ0v) is 9.85. The van der Waals surface area contributed by atoms with Gasteiger partial charge in [-0.3, -0.25) is 0 Å². The van der Waals surface area contributed by atoms with E-state index in [1.807, 2.05) is 27.7 Å². The summed E-state index contributed by atoms with van der Waals surface area (Å²) in [7, 11) is 0. The van der Waals surface area contributed by atoms with Gasteiger partial charge in [0, 0.05) is 0 Å². The van der Waals surface area contributed by atoms with E-state index in [4.69, 9.17) is 16.3 Å². The monoisotopic (exact) mass is 216 g/mol. The highest BCUT2D eigenvalue weighted by molar-refractivity contribution is 6.33. The average Bonchev–Trinajstić information content (AvgIpc) is 2.17. The van der Waals surface area contributed by atoms with Crippen LogP contribution in [-0.2, 0) is 0 Å². The van der Waals surface area contributed by atoms with Crippen LogP contribution in [0.15, 0.2) is 12.1 Å². The number of ether oxygens (including phenoxy) is 1. The molecule has 0 fully saturated rings. The van der Waals surface area contributed by atoms with Crippen molar-refractivity contribution in [2.24, 2.45) is 0 Å². The summed E-state index contributed by atoms with van der Waals surface area (Å²) in [4.78, 5) is 0. The number of aryl methyl sites for hydroxylation is 1. The van der Waals surface area contributed by atoms with Gasteiger partial charge in [-0.1, -0.05) is 25.4 Å². The Morgan fingerprint density at radius 2 is 1.93 bits per heavy atom. The molecule has 1 N–H and O–H groups in total. The van der Waals surface area contributed by atoms with Gasteiger partial charge in [-0.2, -0.15) is 0 Å². The van der Waals surface area contributed by atoms with Crippen molar-refractivity contribution < 1.29 is 9.84 Å². The second-order valence-electron chi connectivity index (χ2n) is 2.53. The van der Waals surface area contributed by atoms with E-state index >= 15 is 0 Å². The number of hydrogen-bond acceptors (Lipinski definition) is 2. The fraction of sp³-hybridized carbons (Fsp3) is 0.455. The van der Waals surface area contributed by atoms with Gasteiger partial charge in [-0.05, 0) is 31.5 Å². The summed E-state index contributed by atoms with van der Waals surface area (Å²) in [5.74, 6) is 0.608. The summed E-state index contributed by atoms with van der Waals surface area (Å²) < 4.78 is 5.21. The van der Waals surface area contributed by atoms with E-state index in [1.165, 1.54) is 0 Å². The van der Waals surface area contributed by atoms with Crippen LogP contribution in [0.1, 0.15) is 26.3 Å². The molecule has 0 bridgehead atoms. The maximum absolute atomic E-state index is 9.30. The molecule has 0 aliphatic carbocycles. The van der Waals surface area contributed by atoms with Crippen molar-refractivity contribution >= 4 is 11.6 Å². The molecular weight excluding hydrogens is 200 g/mol. The Kier molecular flexibility index (Phi) is 6.13. The normalized spacial score (nSPS) is 8.93. The van der Waals surface area contributed by atoms with Crippen LogP contribution in [0.4, 0.5) is 0 Å². The molecule has 3 heteroatoms. The Bertz CT molecular complexity index is 285. The summed E-state index contributed by atoms with van der Waals surface area (Å²) in [5, 5.41) is 9.58. The lowest BCUT2D eigenvalue weighted by atomic mass is 10.2. The van der Waals surface area contributed by atoms with Crippen LogP contribution < -0.4 is 4.74 Å². The molecule has 1 rings (SSSR count). The number of rotatable bonds is 2. The molecular formula is C11H17ClO2. The highest BCUT2D eigenvalue weighted by atomic mass is 35.5. The number of phenolic OH excluding ortho intramolecular Hbond substituents is 1. The molecule has 0 heterocycles. The van der Waals surface area contributed by atoms with Crippen LogP contribution in [0.5, 0.6) is 11.5 Å². The summed E-state index contributed by atoms with van der Waals surface area (Å²) in [6, 6.07) is 3.40. The fourth-order valence-corrected chi connectivity index (χ4v) is 1.14. The van der Waals surface area contributed by atoms with Crippen molar-refractivity contribution in [2.45, 2.75) is 27.7 Å². The predicted molar refractivity (Wildman–Crippen MR) is 60.4 cm³/mol. The number of aromatic hydroxyl groups is 1. The zero-order chi connectivity index (χ0) is 11.1. The summed E-state index contributed by atoms with van der Waals surface area (Å²) in [6.07, 6.45) is 0. The van der Waals surface area contributed by atoms with Crippen molar-refractivity contribution in [3.63, 3.8) is 0 Å². The number of phenols is 1. The van der Waals surface area contributed by atoms with Gasteiger partial charge in [0.05, 0.1) is 6.61 Å². The predicted octanol–water partition coefficient (Wildman–Crippen LogP) is 3.78. The van der Waals surface area contributed by atoms with Crippen molar-refractivity contribution in [3.8, 4) is 11.5 Å². The quantitative estimate of drug-likeness (QED) is 0.816. The molecule has 80 valence electrons. The van der Waals surface area contributed by atoms with Crippen LogP contribution in [0, 0.1) is 6.92 Å². The molecule has 0 aromatic heterocycles. The number of benzene rings is 1. The van der Waals surface area contributed by atoms with E-state index in [0.29, 0.717) is 12.4 Å². The lowest BCUT2D eigenvalue weighted by molar-refractivity contribution is 0.337. The molecule has 1 aromatic rings. The van der Waals surface area contributed by atoms with Gasteiger partial charge >= 0.3 is 0 Å². The molecule has 0 amide bonds. The van der Waals surface area contributed by atoms with Crippen LogP contribution >= 0.6 is 11.6 Å². The first kappa shape index (κ1) is 13.1. The van der Waals surface area contributed by atoms with Crippen LogP contribution in [-0.4, -0.2) is 11.7 Å².